The van der Waals surface area contributed by atoms with E-state index in [2.05, 4.69) is 5.32 Å². The molecule has 0 spiro atoms. The molecule has 1 aromatic rings. The van der Waals surface area contributed by atoms with Gasteiger partial charge in [-0.25, -0.2) is 0 Å². The lowest BCUT2D eigenvalue weighted by Crippen LogP contribution is -2.28. The number of hydrogen-bond acceptors (Lipinski definition) is 3. The molecule has 102 valence electrons. The Balaban J connectivity index is 2.23. The lowest BCUT2D eigenvalue weighted by Gasteiger charge is -2.12. The molecular formula is C14H24N2O2. The number of amides is 1. The van der Waals surface area contributed by atoms with Crippen molar-refractivity contribution in [2.24, 2.45) is 11.7 Å². The third kappa shape index (κ3) is 5.36. The van der Waals surface area contributed by atoms with Gasteiger partial charge in [0, 0.05) is 12.0 Å². The van der Waals surface area contributed by atoms with Crippen LogP contribution in [0.15, 0.2) is 16.5 Å². The summed E-state index contributed by atoms with van der Waals surface area (Å²) in [5.41, 5.74) is 5.68. The van der Waals surface area contributed by atoms with Gasteiger partial charge in [-0.2, -0.15) is 0 Å². The fraction of sp³-hybridized carbons (Fsp3) is 0.643. The molecule has 1 aromatic heterocycles. The van der Waals surface area contributed by atoms with E-state index in [4.69, 9.17) is 10.2 Å². The summed E-state index contributed by atoms with van der Waals surface area (Å²) < 4.78 is 5.39. The zero-order chi connectivity index (χ0) is 13.5. The number of carbonyl (C=O) groups is 1. The van der Waals surface area contributed by atoms with Gasteiger partial charge in [0.25, 0.3) is 0 Å². The topological polar surface area (TPSA) is 68.3 Å². The second-order valence-electron chi connectivity index (χ2n) is 5.04. The number of carbonyl (C=O) groups excluding carboxylic acids is 1. The first-order chi connectivity index (χ1) is 8.49. The van der Waals surface area contributed by atoms with Crippen molar-refractivity contribution in [2.45, 2.75) is 52.6 Å². The maximum Gasteiger partial charge on any atom is 0.223 e. The van der Waals surface area contributed by atoms with Gasteiger partial charge in [0.15, 0.2) is 0 Å². The van der Waals surface area contributed by atoms with E-state index in [9.17, 15) is 4.79 Å². The molecule has 0 bridgehead atoms. The van der Waals surface area contributed by atoms with Crippen molar-refractivity contribution in [2.75, 3.05) is 0 Å². The number of nitrogens with one attached hydrogen (secondary N) is 1. The third-order valence-electron chi connectivity index (χ3n) is 2.98. The molecule has 18 heavy (non-hydrogen) atoms. The van der Waals surface area contributed by atoms with Crippen LogP contribution in [-0.2, 0) is 11.3 Å². The SMILES string of the molecule is Cc1ccc(CNC(=O)C(C)CCCC(C)N)o1. The molecule has 2 atom stereocenters. The summed E-state index contributed by atoms with van der Waals surface area (Å²) in [6, 6.07) is 4.00. The van der Waals surface area contributed by atoms with E-state index in [0.29, 0.717) is 6.54 Å². The van der Waals surface area contributed by atoms with E-state index in [-0.39, 0.29) is 17.9 Å². The molecule has 4 nitrogen and oxygen atoms in total. The second kappa shape index (κ2) is 7.21. The highest BCUT2D eigenvalue weighted by molar-refractivity contribution is 5.78. The Morgan fingerprint density at radius 3 is 2.67 bits per heavy atom. The van der Waals surface area contributed by atoms with Gasteiger partial charge in [-0.05, 0) is 38.8 Å². The van der Waals surface area contributed by atoms with Gasteiger partial charge in [-0.1, -0.05) is 13.3 Å². The molecule has 0 aliphatic heterocycles. The lowest BCUT2D eigenvalue weighted by atomic mass is 10.0. The Kier molecular flexibility index (Phi) is 5.92. The zero-order valence-corrected chi connectivity index (χ0v) is 11.5. The van der Waals surface area contributed by atoms with Crippen molar-refractivity contribution in [3.63, 3.8) is 0 Å². The van der Waals surface area contributed by atoms with Crippen molar-refractivity contribution in [3.05, 3.63) is 23.7 Å². The minimum absolute atomic E-state index is 0.0276. The van der Waals surface area contributed by atoms with Crippen LogP contribution in [-0.4, -0.2) is 11.9 Å². The summed E-state index contributed by atoms with van der Waals surface area (Å²) in [5, 5.41) is 2.89. The van der Waals surface area contributed by atoms with Crippen molar-refractivity contribution >= 4 is 5.91 Å². The number of hydrogen-bond donors (Lipinski definition) is 2. The first kappa shape index (κ1) is 14.8. The van der Waals surface area contributed by atoms with E-state index >= 15 is 0 Å². The highest BCUT2D eigenvalue weighted by Gasteiger charge is 2.13. The molecule has 0 aliphatic rings. The van der Waals surface area contributed by atoms with Gasteiger partial charge >= 0.3 is 0 Å². The van der Waals surface area contributed by atoms with Crippen LogP contribution in [0, 0.1) is 12.8 Å². The molecule has 1 heterocycles. The summed E-state index contributed by atoms with van der Waals surface area (Å²) >= 11 is 0. The molecule has 3 N–H and O–H groups in total. The van der Waals surface area contributed by atoms with Crippen molar-refractivity contribution < 1.29 is 9.21 Å². The summed E-state index contributed by atoms with van der Waals surface area (Å²) in [7, 11) is 0. The highest BCUT2D eigenvalue weighted by atomic mass is 16.3. The van der Waals surface area contributed by atoms with Crippen LogP contribution in [0.5, 0.6) is 0 Å². The fourth-order valence-corrected chi connectivity index (χ4v) is 1.81. The predicted octanol–water partition coefficient (Wildman–Crippen LogP) is 2.36. The Hall–Kier alpha value is -1.29. The maximum absolute atomic E-state index is 11.8. The molecule has 0 saturated heterocycles. The molecule has 1 rings (SSSR count). The molecular weight excluding hydrogens is 228 g/mol. The standard InChI is InChI=1S/C14H24N2O2/c1-10(5-4-6-11(2)15)14(17)16-9-13-8-7-12(3)18-13/h7-8,10-11H,4-6,9,15H2,1-3H3,(H,16,17). The number of aryl methyl sites for hydroxylation is 1. The quantitative estimate of drug-likeness (QED) is 0.782. The molecule has 0 saturated carbocycles. The molecule has 4 heteroatoms. The summed E-state index contributed by atoms with van der Waals surface area (Å²) in [5.74, 6) is 1.77. The lowest BCUT2D eigenvalue weighted by molar-refractivity contribution is -0.125. The summed E-state index contributed by atoms with van der Waals surface area (Å²) in [4.78, 5) is 11.8. The normalized spacial score (nSPS) is 14.2. The van der Waals surface area contributed by atoms with Gasteiger partial charge < -0.3 is 15.5 Å². The van der Waals surface area contributed by atoms with Crippen LogP contribution in [0.3, 0.4) is 0 Å². The Morgan fingerprint density at radius 1 is 1.39 bits per heavy atom. The molecule has 1 amide bonds. The molecule has 0 aliphatic carbocycles. The van der Waals surface area contributed by atoms with Crippen molar-refractivity contribution in [3.8, 4) is 0 Å². The van der Waals surface area contributed by atoms with Gasteiger partial charge in [0.05, 0.1) is 6.54 Å². The Morgan fingerprint density at radius 2 is 2.11 bits per heavy atom. The van der Waals surface area contributed by atoms with Gasteiger partial charge in [0.2, 0.25) is 5.91 Å². The molecule has 2 unspecified atom stereocenters. The van der Waals surface area contributed by atoms with Crippen LogP contribution in [0.25, 0.3) is 0 Å². The van der Waals surface area contributed by atoms with Crippen LogP contribution < -0.4 is 11.1 Å². The van der Waals surface area contributed by atoms with E-state index < -0.39 is 0 Å². The van der Waals surface area contributed by atoms with Crippen LogP contribution in [0.2, 0.25) is 0 Å². The predicted molar refractivity (Wildman–Crippen MR) is 72.0 cm³/mol. The highest BCUT2D eigenvalue weighted by Crippen LogP contribution is 2.10. The Bertz CT molecular complexity index is 372. The smallest absolute Gasteiger partial charge is 0.223 e. The molecule has 0 aromatic carbocycles. The van der Waals surface area contributed by atoms with Gasteiger partial charge in [0.1, 0.15) is 11.5 Å². The molecule has 0 radical (unpaired) electrons. The number of rotatable bonds is 7. The van der Waals surface area contributed by atoms with Crippen LogP contribution in [0.4, 0.5) is 0 Å². The zero-order valence-electron chi connectivity index (χ0n) is 11.5. The number of furan rings is 1. The van der Waals surface area contributed by atoms with Gasteiger partial charge in [-0.3, -0.25) is 4.79 Å². The van der Waals surface area contributed by atoms with E-state index in [1.54, 1.807) is 0 Å². The average molecular weight is 252 g/mol. The largest absolute Gasteiger partial charge is 0.465 e. The first-order valence-corrected chi connectivity index (χ1v) is 6.57. The third-order valence-corrected chi connectivity index (χ3v) is 2.98. The second-order valence-corrected chi connectivity index (χ2v) is 5.04. The van der Waals surface area contributed by atoms with Crippen molar-refractivity contribution in [1.29, 1.82) is 0 Å². The van der Waals surface area contributed by atoms with E-state index in [0.717, 1.165) is 30.8 Å². The minimum Gasteiger partial charge on any atom is -0.465 e. The van der Waals surface area contributed by atoms with Crippen LogP contribution in [0.1, 0.15) is 44.6 Å². The fourth-order valence-electron chi connectivity index (χ4n) is 1.81. The summed E-state index contributed by atoms with van der Waals surface area (Å²) in [6.45, 7) is 6.29. The Labute approximate surface area is 109 Å². The minimum atomic E-state index is 0.0276. The monoisotopic (exact) mass is 252 g/mol. The molecule has 0 fully saturated rings. The van der Waals surface area contributed by atoms with E-state index in [1.165, 1.54) is 0 Å². The average Bonchev–Trinajstić information content (AvgIpc) is 2.71. The van der Waals surface area contributed by atoms with Gasteiger partial charge in [-0.15, -0.1) is 0 Å². The van der Waals surface area contributed by atoms with E-state index in [1.807, 2.05) is 32.9 Å². The maximum atomic E-state index is 11.8. The first-order valence-electron chi connectivity index (χ1n) is 6.57. The van der Waals surface area contributed by atoms with Crippen LogP contribution >= 0.6 is 0 Å². The summed E-state index contributed by atoms with van der Waals surface area (Å²) in [6.07, 6.45) is 2.84. The number of nitrogens with two attached hydrogens (primary N) is 1. The van der Waals surface area contributed by atoms with Crippen molar-refractivity contribution in [1.82, 2.24) is 5.32 Å².